The second kappa shape index (κ2) is 8.06. The number of rotatable bonds is 8. The van der Waals surface area contributed by atoms with Gasteiger partial charge in [0.15, 0.2) is 0 Å². The molecule has 1 atom stereocenters. The van der Waals surface area contributed by atoms with E-state index in [4.69, 9.17) is 4.52 Å². The van der Waals surface area contributed by atoms with Crippen LogP contribution in [0.5, 0.6) is 0 Å². The molecule has 2 aromatic rings. The van der Waals surface area contributed by atoms with Gasteiger partial charge in [-0.15, -0.1) is 11.3 Å². The van der Waals surface area contributed by atoms with Crippen LogP contribution in [0.15, 0.2) is 20.4 Å². The van der Waals surface area contributed by atoms with E-state index in [0.29, 0.717) is 23.7 Å². The lowest BCUT2D eigenvalue weighted by Gasteiger charge is -2.18. The molecule has 0 bridgehead atoms. The van der Waals surface area contributed by atoms with Gasteiger partial charge in [-0.25, -0.2) is 0 Å². The fraction of sp³-hybridized carbons (Fsp3) is 0.600. The third kappa shape index (κ3) is 5.20. The first kappa shape index (κ1) is 16.6. The Morgan fingerprint density at radius 3 is 2.81 bits per heavy atom. The molecule has 0 aromatic carbocycles. The Labute approximate surface area is 138 Å². The molecule has 1 N–H and O–H groups in total. The lowest BCUT2D eigenvalue weighted by Crippen LogP contribution is -2.33. The molecule has 0 spiro atoms. The first-order chi connectivity index (χ1) is 10.1. The van der Waals surface area contributed by atoms with Crippen molar-refractivity contribution >= 4 is 27.3 Å². The Hall–Kier alpha value is -0.720. The van der Waals surface area contributed by atoms with Gasteiger partial charge in [0, 0.05) is 12.5 Å². The van der Waals surface area contributed by atoms with Gasteiger partial charge < -0.3 is 9.84 Å². The molecular formula is C15H22BrN3OS. The number of nitrogens with one attached hydrogen (secondary N) is 1. The minimum Gasteiger partial charge on any atom is -0.339 e. The van der Waals surface area contributed by atoms with Crippen LogP contribution in [-0.2, 0) is 6.42 Å². The molecule has 0 amide bonds. The van der Waals surface area contributed by atoms with Gasteiger partial charge in [-0.3, -0.25) is 0 Å². The van der Waals surface area contributed by atoms with Gasteiger partial charge in [-0.1, -0.05) is 25.9 Å². The molecule has 116 valence electrons. The summed E-state index contributed by atoms with van der Waals surface area (Å²) in [5.74, 6) is 2.04. The molecule has 0 aliphatic heterocycles. The van der Waals surface area contributed by atoms with Crippen molar-refractivity contribution in [3.63, 3.8) is 0 Å². The summed E-state index contributed by atoms with van der Waals surface area (Å²) >= 11 is 5.07. The Morgan fingerprint density at radius 2 is 2.19 bits per heavy atom. The molecule has 2 rings (SSSR count). The molecule has 1 unspecified atom stereocenters. The predicted octanol–water partition coefficient (Wildman–Crippen LogP) is 4.52. The van der Waals surface area contributed by atoms with E-state index >= 15 is 0 Å². The molecule has 2 aromatic heterocycles. The quantitative estimate of drug-likeness (QED) is 0.740. The third-order valence-electron chi connectivity index (χ3n) is 3.12. The zero-order valence-corrected chi connectivity index (χ0v) is 15.1. The van der Waals surface area contributed by atoms with E-state index in [-0.39, 0.29) is 0 Å². The van der Waals surface area contributed by atoms with Crippen molar-refractivity contribution in [2.45, 2.75) is 46.1 Å². The van der Waals surface area contributed by atoms with Crippen molar-refractivity contribution in [2.24, 2.45) is 5.92 Å². The molecular weight excluding hydrogens is 350 g/mol. The molecule has 0 aliphatic carbocycles. The fourth-order valence-corrected chi connectivity index (χ4v) is 3.55. The summed E-state index contributed by atoms with van der Waals surface area (Å²) in [5.41, 5.74) is 0. The average Bonchev–Trinajstić information content (AvgIpc) is 3.04. The summed E-state index contributed by atoms with van der Waals surface area (Å²) in [7, 11) is 0. The standard InChI is InChI=1S/C15H22BrN3OS/c1-4-7-17-11(8-10(2)3)9-14-18-15(19-20-14)12-5-6-13(16)21-12/h5-6,10-11,17H,4,7-9H2,1-3H3. The summed E-state index contributed by atoms with van der Waals surface area (Å²) in [4.78, 5) is 5.55. The zero-order valence-electron chi connectivity index (χ0n) is 12.7. The summed E-state index contributed by atoms with van der Waals surface area (Å²) in [6, 6.07) is 4.40. The number of thiophene rings is 1. The van der Waals surface area contributed by atoms with Gasteiger partial charge in [0.1, 0.15) is 0 Å². The maximum absolute atomic E-state index is 5.41. The van der Waals surface area contributed by atoms with Crippen LogP contribution in [0.4, 0.5) is 0 Å². The van der Waals surface area contributed by atoms with Crippen LogP contribution in [0.1, 0.15) is 39.5 Å². The van der Waals surface area contributed by atoms with Crippen molar-refractivity contribution in [2.75, 3.05) is 6.54 Å². The lowest BCUT2D eigenvalue weighted by molar-refractivity contribution is 0.338. The van der Waals surface area contributed by atoms with Gasteiger partial charge in [0.25, 0.3) is 0 Å². The summed E-state index contributed by atoms with van der Waals surface area (Å²) in [6.45, 7) is 7.68. The van der Waals surface area contributed by atoms with Gasteiger partial charge >= 0.3 is 0 Å². The maximum Gasteiger partial charge on any atom is 0.228 e. The molecule has 2 heterocycles. The van der Waals surface area contributed by atoms with E-state index in [2.05, 4.69) is 52.2 Å². The van der Waals surface area contributed by atoms with E-state index in [1.165, 1.54) is 0 Å². The minimum absolute atomic E-state index is 0.397. The van der Waals surface area contributed by atoms with Gasteiger partial charge in [0.05, 0.1) is 8.66 Å². The smallest absolute Gasteiger partial charge is 0.228 e. The van der Waals surface area contributed by atoms with Gasteiger partial charge in [-0.05, 0) is 53.4 Å². The van der Waals surface area contributed by atoms with Crippen LogP contribution in [0.2, 0.25) is 0 Å². The molecule has 0 saturated carbocycles. The number of nitrogens with zero attached hydrogens (tertiary/aromatic N) is 2. The van der Waals surface area contributed by atoms with Gasteiger partial charge in [-0.2, -0.15) is 4.98 Å². The Kier molecular flexibility index (Phi) is 6.39. The number of hydrogen-bond donors (Lipinski definition) is 1. The summed E-state index contributed by atoms with van der Waals surface area (Å²) in [5, 5.41) is 7.66. The SMILES string of the molecule is CCCNC(Cc1nc(-c2ccc(Br)s2)no1)CC(C)C. The van der Waals surface area contributed by atoms with E-state index in [0.717, 1.165) is 34.5 Å². The van der Waals surface area contributed by atoms with Crippen LogP contribution in [0, 0.1) is 5.92 Å². The average molecular weight is 372 g/mol. The highest BCUT2D eigenvalue weighted by molar-refractivity contribution is 9.11. The molecule has 0 saturated heterocycles. The number of aromatic nitrogens is 2. The van der Waals surface area contributed by atoms with Crippen LogP contribution >= 0.6 is 27.3 Å². The Morgan fingerprint density at radius 1 is 1.38 bits per heavy atom. The van der Waals surface area contributed by atoms with E-state index < -0.39 is 0 Å². The van der Waals surface area contributed by atoms with Crippen molar-refractivity contribution in [3.05, 3.63) is 21.8 Å². The fourth-order valence-electron chi connectivity index (χ4n) is 2.24. The molecule has 0 aliphatic rings. The molecule has 0 radical (unpaired) electrons. The highest BCUT2D eigenvalue weighted by atomic mass is 79.9. The van der Waals surface area contributed by atoms with Gasteiger partial charge in [0.2, 0.25) is 11.7 Å². The van der Waals surface area contributed by atoms with Crippen molar-refractivity contribution in [3.8, 4) is 10.7 Å². The van der Waals surface area contributed by atoms with Crippen molar-refractivity contribution in [1.82, 2.24) is 15.5 Å². The molecule has 4 nitrogen and oxygen atoms in total. The first-order valence-electron chi connectivity index (χ1n) is 7.40. The molecule has 6 heteroatoms. The monoisotopic (exact) mass is 371 g/mol. The summed E-state index contributed by atoms with van der Waals surface area (Å²) < 4.78 is 6.49. The molecule has 0 fully saturated rings. The zero-order chi connectivity index (χ0) is 15.2. The van der Waals surface area contributed by atoms with Crippen LogP contribution in [0.3, 0.4) is 0 Å². The Balaban J connectivity index is 2.01. The largest absolute Gasteiger partial charge is 0.339 e. The van der Waals surface area contributed by atoms with E-state index in [1.807, 2.05) is 12.1 Å². The van der Waals surface area contributed by atoms with Crippen LogP contribution in [0.25, 0.3) is 10.7 Å². The van der Waals surface area contributed by atoms with E-state index in [1.54, 1.807) is 11.3 Å². The lowest BCUT2D eigenvalue weighted by atomic mass is 10.0. The Bertz CT molecular complexity index is 553. The highest BCUT2D eigenvalue weighted by Gasteiger charge is 2.16. The second-order valence-electron chi connectivity index (χ2n) is 5.60. The normalized spacial score (nSPS) is 13.0. The minimum atomic E-state index is 0.397. The topological polar surface area (TPSA) is 51.0 Å². The predicted molar refractivity (Wildman–Crippen MR) is 90.6 cm³/mol. The van der Waals surface area contributed by atoms with Crippen molar-refractivity contribution in [1.29, 1.82) is 0 Å². The van der Waals surface area contributed by atoms with Crippen molar-refractivity contribution < 1.29 is 4.52 Å². The number of hydrogen-bond acceptors (Lipinski definition) is 5. The third-order valence-corrected chi connectivity index (χ3v) is 4.74. The van der Waals surface area contributed by atoms with Crippen LogP contribution < -0.4 is 5.32 Å². The highest BCUT2D eigenvalue weighted by Crippen LogP contribution is 2.29. The second-order valence-corrected chi connectivity index (χ2v) is 8.06. The summed E-state index contributed by atoms with van der Waals surface area (Å²) in [6.07, 6.45) is 3.03. The first-order valence-corrected chi connectivity index (χ1v) is 9.01. The van der Waals surface area contributed by atoms with Crippen LogP contribution in [-0.4, -0.2) is 22.7 Å². The van der Waals surface area contributed by atoms with E-state index in [9.17, 15) is 0 Å². The molecule has 21 heavy (non-hydrogen) atoms. The number of halogens is 1. The maximum atomic E-state index is 5.41.